The Morgan fingerprint density at radius 1 is 1.10 bits per heavy atom. The summed E-state index contributed by atoms with van der Waals surface area (Å²) in [6.45, 7) is 4.46. The maximum absolute atomic E-state index is 14.4. The zero-order chi connectivity index (χ0) is 21.1. The van der Waals surface area contributed by atoms with Crippen LogP contribution in [-0.4, -0.2) is 17.0 Å². The summed E-state index contributed by atoms with van der Waals surface area (Å²) < 4.78 is 21.1. The molecule has 1 N–H and O–H groups in total. The minimum absolute atomic E-state index is 0.184. The number of thiophene rings is 1. The Balaban J connectivity index is 1.62. The minimum Gasteiger partial charge on any atom is -0.453 e. The predicted molar refractivity (Wildman–Crippen MR) is 122 cm³/mol. The van der Waals surface area contributed by atoms with Crippen LogP contribution in [0.3, 0.4) is 0 Å². The highest BCUT2D eigenvalue weighted by atomic mass is 32.1. The summed E-state index contributed by atoms with van der Waals surface area (Å²) in [5, 5.41) is 2.92. The van der Waals surface area contributed by atoms with Gasteiger partial charge in [0.1, 0.15) is 5.75 Å². The third kappa shape index (κ3) is 4.28. The molecular formula is C24H24FN3OS. The first kappa shape index (κ1) is 20.3. The van der Waals surface area contributed by atoms with Gasteiger partial charge in [0.05, 0.1) is 20.8 Å². The van der Waals surface area contributed by atoms with Crippen LogP contribution < -0.4 is 10.1 Å². The van der Waals surface area contributed by atoms with E-state index in [2.05, 4.69) is 41.3 Å². The SMILES string of the molecule is CCC(C)Cc1ccc(-c2cc3nccc(Oc4ccc(NC)cc4F)c3s2)nc1. The van der Waals surface area contributed by atoms with Crippen molar-refractivity contribution in [2.45, 2.75) is 26.7 Å². The number of rotatable bonds is 7. The van der Waals surface area contributed by atoms with E-state index in [1.807, 2.05) is 12.3 Å². The molecule has 1 unspecified atom stereocenters. The second kappa shape index (κ2) is 8.79. The lowest BCUT2D eigenvalue weighted by Crippen LogP contribution is -1.98. The smallest absolute Gasteiger partial charge is 0.167 e. The van der Waals surface area contributed by atoms with Gasteiger partial charge in [0.25, 0.3) is 0 Å². The minimum atomic E-state index is -0.415. The lowest BCUT2D eigenvalue weighted by molar-refractivity contribution is 0.447. The molecule has 0 spiro atoms. The lowest BCUT2D eigenvalue weighted by Gasteiger charge is -2.09. The molecule has 0 radical (unpaired) electrons. The van der Waals surface area contributed by atoms with Crippen molar-refractivity contribution in [2.75, 3.05) is 12.4 Å². The average molecular weight is 422 g/mol. The number of fused-ring (bicyclic) bond motifs is 1. The zero-order valence-corrected chi connectivity index (χ0v) is 18.1. The van der Waals surface area contributed by atoms with Crippen molar-refractivity contribution >= 4 is 27.2 Å². The van der Waals surface area contributed by atoms with E-state index in [4.69, 9.17) is 4.74 Å². The fourth-order valence-electron chi connectivity index (χ4n) is 3.22. The zero-order valence-electron chi connectivity index (χ0n) is 17.3. The molecule has 30 heavy (non-hydrogen) atoms. The van der Waals surface area contributed by atoms with Crippen molar-refractivity contribution < 1.29 is 9.13 Å². The molecule has 0 amide bonds. The standard InChI is InChI=1S/C24H24FN3OS/c1-4-15(2)11-16-5-7-19(28-14-16)23-13-20-24(30-23)22(9-10-27-20)29-21-8-6-17(26-3)12-18(21)25/h5-10,12-15,26H,4,11H2,1-3H3. The molecule has 4 aromatic rings. The summed E-state index contributed by atoms with van der Waals surface area (Å²) >= 11 is 1.55. The van der Waals surface area contributed by atoms with Gasteiger partial charge in [-0.15, -0.1) is 11.3 Å². The molecule has 3 aromatic heterocycles. The normalized spacial score (nSPS) is 12.1. The monoisotopic (exact) mass is 421 g/mol. The van der Waals surface area contributed by atoms with Gasteiger partial charge < -0.3 is 10.1 Å². The van der Waals surface area contributed by atoms with E-state index in [1.165, 1.54) is 11.6 Å². The molecule has 0 bridgehead atoms. The van der Waals surface area contributed by atoms with Crippen LogP contribution in [-0.2, 0) is 6.42 Å². The van der Waals surface area contributed by atoms with Gasteiger partial charge in [0.15, 0.2) is 11.6 Å². The molecule has 1 atom stereocenters. The van der Waals surface area contributed by atoms with Crippen LogP contribution in [0.25, 0.3) is 20.8 Å². The highest BCUT2D eigenvalue weighted by Crippen LogP contribution is 2.39. The topological polar surface area (TPSA) is 47.0 Å². The van der Waals surface area contributed by atoms with E-state index in [9.17, 15) is 4.39 Å². The van der Waals surface area contributed by atoms with Crippen molar-refractivity contribution in [1.82, 2.24) is 9.97 Å². The number of benzene rings is 1. The summed E-state index contributed by atoms with van der Waals surface area (Å²) in [5.41, 5.74) is 3.66. The van der Waals surface area contributed by atoms with Crippen molar-refractivity contribution in [3.05, 3.63) is 66.2 Å². The van der Waals surface area contributed by atoms with E-state index in [0.717, 1.165) is 33.6 Å². The van der Waals surface area contributed by atoms with Gasteiger partial charge >= 0.3 is 0 Å². The lowest BCUT2D eigenvalue weighted by atomic mass is 10.00. The molecule has 0 aliphatic carbocycles. The van der Waals surface area contributed by atoms with Crippen molar-refractivity contribution in [3.8, 4) is 22.1 Å². The number of nitrogens with zero attached hydrogens (tertiary/aromatic N) is 2. The van der Waals surface area contributed by atoms with Gasteiger partial charge in [-0.25, -0.2) is 4.39 Å². The van der Waals surface area contributed by atoms with Crippen LogP contribution in [0.4, 0.5) is 10.1 Å². The first-order chi connectivity index (χ1) is 14.6. The van der Waals surface area contributed by atoms with Gasteiger partial charge in [-0.1, -0.05) is 26.3 Å². The summed E-state index contributed by atoms with van der Waals surface area (Å²) in [6, 6.07) is 12.8. The molecule has 4 rings (SSSR count). The van der Waals surface area contributed by atoms with Gasteiger partial charge in [-0.3, -0.25) is 9.97 Å². The molecule has 0 saturated heterocycles. The molecule has 1 aromatic carbocycles. The first-order valence-electron chi connectivity index (χ1n) is 10.1. The number of anilines is 1. The number of pyridine rings is 2. The molecule has 0 aliphatic rings. The fraction of sp³-hybridized carbons (Fsp3) is 0.250. The molecule has 4 nitrogen and oxygen atoms in total. The van der Waals surface area contributed by atoms with Gasteiger partial charge in [0.2, 0.25) is 0 Å². The van der Waals surface area contributed by atoms with Gasteiger partial charge in [0, 0.05) is 37.3 Å². The molecule has 3 heterocycles. The largest absolute Gasteiger partial charge is 0.453 e. The van der Waals surface area contributed by atoms with Crippen LogP contribution in [0, 0.1) is 11.7 Å². The highest BCUT2D eigenvalue weighted by Gasteiger charge is 2.14. The van der Waals surface area contributed by atoms with E-state index in [1.54, 1.807) is 42.8 Å². The number of hydrogen-bond acceptors (Lipinski definition) is 5. The molecule has 0 saturated carbocycles. The third-order valence-corrected chi connectivity index (χ3v) is 6.34. The van der Waals surface area contributed by atoms with E-state index >= 15 is 0 Å². The molecule has 0 fully saturated rings. The number of nitrogens with one attached hydrogen (secondary N) is 1. The Morgan fingerprint density at radius 2 is 1.97 bits per heavy atom. The Labute approximate surface area is 179 Å². The maximum atomic E-state index is 14.4. The van der Waals surface area contributed by atoms with Crippen LogP contribution in [0.1, 0.15) is 25.8 Å². The number of hydrogen-bond donors (Lipinski definition) is 1. The van der Waals surface area contributed by atoms with Gasteiger partial charge in [-0.2, -0.15) is 0 Å². The third-order valence-electron chi connectivity index (χ3n) is 5.17. The first-order valence-corrected chi connectivity index (χ1v) is 10.9. The van der Waals surface area contributed by atoms with E-state index in [-0.39, 0.29) is 5.75 Å². The second-order valence-corrected chi connectivity index (χ2v) is 8.45. The van der Waals surface area contributed by atoms with Crippen molar-refractivity contribution in [1.29, 1.82) is 0 Å². The molecule has 0 aliphatic heterocycles. The summed E-state index contributed by atoms with van der Waals surface area (Å²) in [6.07, 6.45) is 5.82. The quantitative estimate of drug-likeness (QED) is 0.352. The Kier molecular flexibility index (Phi) is 5.95. The average Bonchev–Trinajstić information content (AvgIpc) is 3.21. The van der Waals surface area contributed by atoms with Gasteiger partial charge in [-0.05, 0) is 42.2 Å². The predicted octanol–water partition coefficient (Wildman–Crippen LogP) is 6.92. The van der Waals surface area contributed by atoms with Crippen molar-refractivity contribution in [3.63, 3.8) is 0 Å². The number of halogens is 1. The second-order valence-electron chi connectivity index (χ2n) is 7.40. The summed E-state index contributed by atoms with van der Waals surface area (Å²) in [5.74, 6) is 1.00. The highest BCUT2D eigenvalue weighted by molar-refractivity contribution is 7.22. The Bertz CT molecular complexity index is 1160. The van der Waals surface area contributed by atoms with Crippen LogP contribution >= 0.6 is 11.3 Å². The number of aromatic nitrogens is 2. The van der Waals surface area contributed by atoms with Crippen LogP contribution in [0.5, 0.6) is 11.5 Å². The molecular weight excluding hydrogens is 397 g/mol. The maximum Gasteiger partial charge on any atom is 0.167 e. The number of ether oxygens (including phenoxy) is 1. The van der Waals surface area contributed by atoms with E-state index in [0.29, 0.717) is 17.4 Å². The molecule has 6 heteroatoms. The van der Waals surface area contributed by atoms with Crippen LogP contribution in [0.2, 0.25) is 0 Å². The van der Waals surface area contributed by atoms with E-state index < -0.39 is 5.82 Å². The van der Waals surface area contributed by atoms with Crippen LogP contribution in [0.15, 0.2) is 54.9 Å². The fourth-order valence-corrected chi connectivity index (χ4v) is 4.26. The van der Waals surface area contributed by atoms with Crippen molar-refractivity contribution in [2.24, 2.45) is 5.92 Å². The Morgan fingerprint density at radius 3 is 2.67 bits per heavy atom. The Hall–Kier alpha value is -2.99. The summed E-state index contributed by atoms with van der Waals surface area (Å²) in [7, 11) is 1.75. The molecule has 154 valence electrons. The summed E-state index contributed by atoms with van der Waals surface area (Å²) in [4.78, 5) is 10.1.